The van der Waals surface area contributed by atoms with Gasteiger partial charge in [0.05, 0.1) is 14.9 Å². The van der Waals surface area contributed by atoms with Crippen LogP contribution in [0.3, 0.4) is 0 Å². The largest absolute Gasteiger partial charge is 0.481 e. The number of aliphatic carboxylic acids is 1. The minimum absolute atomic E-state index is 0.0436. The first-order valence-corrected chi connectivity index (χ1v) is 8.38. The van der Waals surface area contributed by atoms with Gasteiger partial charge in [-0.25, -0.2) is 0 Å². The molecular weight excluding hydrogens is 401 g/mol. The lowest BCUT2D eigenvalue weighted by Gasteiger charge is -2.17. The molecule has 0 bridgehead atoms. The molecule has 1 N–H and O–H groups in total. The van der Waals surface area contributed by atoms with Crippen molar-refractivity contribution in [3.8, 4) is 0 Å². The van der Waals surface area contributed by atoms with E-state index in [-0.39, 0.29) is 18.2 Å². The Labute approximate surface area is 139 Å². The summed E-state index contributed by atoms with van der Waals surface area (Å²) in [5.74, 6) is -1.04. The number of rotatable bonds is 3. The molecule has 1 aliphatic heterocycles. The summed E-state index contributed by atoms with van der Waals surface area (Å²) in [4.78, 5) is 25.3. The molecule has 0 aliphatic carbocycles. The Balaban J connectivity index is 1.94. The number of carboxylic acid groups (broad SMARTS) is 1. The van der Waals surface area contributed by atoms with Crippen molar-refractivity contribution in [1.82, 2.24) is 0 Å². The van der Waals surface area contributed by atoms with E-state index >= 15 is 0 Å². The van der Waals surface area contributed by atoms with E-state index in [0.717, 1.165) is 14.1 Å². The second kappa shape index (κ2) is 5.76. The lowest BCUT2D eigenvalue weighted by atomic mass is 9.98. The maximum absolute atomic E-state index is 12.6. The van der Waals surface area contributed by atoms with E-state index in [9.17, 15) is 9.59 Å². The standard InChI is InChI=1S/C15H12INO3S/c16-13-5-10(8-21-13)15(20)17-7-9(6-14(18)19)11-3-1-2-4-12(11)17/h1-5,8-9H,6-7H2,(H,18,19). The van der Waals surface area contributed by atoms with Crippen molar-refractivity contribution >= 4 is 51.5 Å². The molecular formula is C15H12INO3S. The van der Waals surface area contributed by atoms with E-state index in [0.29, 0.717) is 12.1 Å². The lowest BCUT2D eigenvalue weighted by Crippen LogP contribution is -2.29. The first kappa shape index (κ1) is 14.5. The van der Waals surface area contributed by atoms with E-state index in [1.807, 2.05) is 35.7 Å². The summed E-state index contributed by atoms with van der Waals surface area (Å²) in [5, 5.41) is 10.9. The quantitative estimate of drug-likeness (QED) is 0.783. The van der Waals surface area contributed by atoms with E-state index in [2.05, 4.69) is 22.6 Å². The van der Waals surface area contributed by atoms with Gasteiger partial charge in [0.25, 0.3) is 5.91 Å². The Kier molecular flexibility index (Phi) is 3.99. The maximum atomic E-state index is 12.6. The van der Waals surface area contributed by atoms with Crippen LogP contribution in [-0.2, 0) is 4.79 Å². The highest BCUT2D eigenvalue weighted by molar-refractivity contribution is 14.1. The number of amides is 1. The van der Waals surface area contributed by atoms with E-state index in [1.165, 1.54) is 11.3 Å². The van der Waals surface area contributed by atoms with E-state index in [1.54, 1.807) is 4.90 Å². The summed E-state index contributed by atoms with van der Waals surface area (Å²) < 4.78 is 1.06. The number of hydrogen-bond acceptors (Lipinski definition) is 3. The van der Waals surface area contributed by atoms with Gasteiger partial charge in [-0.05, 0) is 40.3 Å². The van der Waals surface area contributed by atoms with Crippen LogP contribution < -0.4 is 4.90 Å². The minimum Gasteiger partial charge on any atom is -0.481 e. The highest BCUT2D eigenvalue weighted by Crippen LogP contribution is 2.39. The van der Waals surface area contributed by atoms with Crippen molar-refractivity contribution < 1.29 is 14.7 Å². The molecule has 1 aromatic heterocycles. The molecule has 1 amide bonds. The fourth-order valence-corrected chi connectivity index (χ4v) is 3.97. The number of anilines is 1. The van der Waals surface area contributed by atoms with Crippen molar-refractivity contribution in [2.75, 3.05) is 11.4 Å². The molecule has 0 spiro atoms. The number of para-hydroxylation sites is 1. The third-order valence-electron chi connectivity index (χ3n) is 3.55. The Bertz CT molecular complexity index is 712. The zero-order chi connectivity index (χ0) is 15.0. The summed E-state index contributed by atoms with van der Waals surface area (Å²) in [6.07, 6.45) is 0.0436. The predicted octanol–water partition coefficient (Wildman–Crippen LogP) is 3.57. The molecule has 108 valence electrons. The zero-order valence-electron chi connectivity index (χ0n) is 11.0. The van der Waals surface area contributed by atoms with Crippen molar-refractivity contribution in [2.24, 2.45) is 0 Å². The third-order valence-corrected chi connectivity index (χ3v) is 5.34. The molecule has 1 aliphatic rings. The SMILES string of the molecule is O=C(O)CC1CN(C(=O)c2csc(I)c2)c2ccccc21. The van der Waals surface area contributed by atoms with Gasteiger partial charge in [-0.2, -0.15) is 0 Å². The molecule has 0 radical (unpaired) electrons. The van der Waals surface area contributed by atoms with Crippen LogP contribution in [0.5, 0.6) is 0 Å². The topological polar surface area (TPSA) is 57.6 Å². The number of halogens is 1. The van der Waals surface area contributed by atoms with E-state index in [4.69, 9.17) is 5.11 Å². The van der Waals surface area contributed by atoms with Gasteiger partial charge in [0.15, 0.2) is 0 Å². The maximum Gasteiger partial charge on any atom is 0.304 e. The Morgan fingerprint density at radius 2 is 2.14 bits per heavy atom. The summed E-state index contributed by atoms with van der Waals surface area (Å²) >= 11 is 3.72. The van der Waals surface area contributed by atoms with Crippen molar-refractivity contribution in [3.05, 3.63) is 49.7 Å². The Hall–Kier alpha value is -1.41. The van der Waals surface area contributed by atoms with Crippen LogP contribution >= 0.6 is 33.9 Å². The molecule has 3 rings (SSSR count). The highest BCUT2D eigenvalue weighted by atomic mass is 127. The van der Waals surface area contributed by atoms with Crippen LogP contribution in [0.4, 0.5) is 5.69 Å². The van der Waals surface area contributed by atoms with Crippen LogP contribution in [0, 0.1) is 2.88 Å². The number of carbonyl (C=O) groups excluding carboxylic acids is 1. The van der Waals surface area contributed by atoms with Crippen molar-refractivity contribution in [1.29, 1.82) is 0 Å². The lowest BCUT2D eigenvalue weighted by molar-refractivity contribution is -0.137. The van der Waals surface area contributed by atoms with Crippen molar-refractivity contribution in [2.45, 2.75) is 12.3 Å². The number of carboxylic acids is 1. The molecule has 1 atom stereocenters. The predicted molar refractivity (Wildman–Crippen MR) is 90.1 cm³/mol. The molecule has 1 aromatic carbocycles. The van der Waals surface area contributed by atoms with Gasteiger partial charge in [-0.3, -0.25) is 9.59 Å². The van der Waals surface area contributed by atoms with Crippen LogP contribution in [0.15, 0.2) is 35.7 Å². The zero-order valence-corrected chi connectivity index (χ0v) is 13.9. The van der Waals surface area contributed by atoms with Gasteiger partial charge in [0.2, 0.25) is 0 Å². The molecule has 6 heteroatoms. The molecule has 0 saturated carbocycles. The summed E-state index contributed by atoms with van der Waals surface area (Å²) in [6.45, 7) is 0.427. The summed E-state index contributed by atoms with van der Waals surface area (Å²) in [7, 11) is 0. The molecule has 1 unspecified atom stereocenters. The average Bonchev–Trinajstić information content (AvgIpc) is 3.03. The average molecular weight is 413 g/mol. The minimum atomic E-state index is -0.839. The van der Waals surface area contributed by atoms with Gasteiger partial charge in [0, 0.05) is 23.5 Å². The van der Waals surface area contributed by atoms with Gasteiger partial charge in [0.1, 0.15) is 0 Å². The smallest absolute Gasteiger partial charge is 0.304 e. The highest BCUT2D eigenvalue weighted by Gasteiger charge is 2.33. The molecule has 0 saturated heterocycles. The second-order valence-corrected chi connectivity index (χ2v) is 7.71. The van der Waals surface area contributed by atoms with Crippen LogP contribution in [0.25, 0.3) is 0 Å². The molecule has 0 fully saturated rings. The third kappa shape index (κ3) is 2.82. The number of nitrogens with zero attached hydrogens (tertiary/aromatic N) is 1. The van der Waals surface area contributed by atoms with Crippen molar-refractivity contribution in [3.63, 3.8) is 0 Å². The van der Waals surface area contributed by atoms with Crippen LogP contribution in [0.2, 0.25) is 0 Å². The van der Waals surface area contributed by atoms with Gasteiger partial charge < -0.3 is 10.0 Å². The number of thiophene rings is 1. The van der Waals surface area contributed by atoms with Crippen LogP contribution in [-0.4, -0.2) is 23.5 Å². The van der Waals surface area contributed by atoms with Gasteiger partial charge >= 0.3 is 5.97 Å². The van der Waals surface area contributed by atoms with E-state index < -0.39 is 5.97 Å². The molecule has 2 aromatic rings. The van der Waals surface area contributed by atoms with Crippen LogP contribution in [0.1, 0.15) is 28.3 Å². The fraction of sp³-hybridized carbons (Fsp3) is 0.200. The normalized spacial score (nSPS) is 16.8. The van der Waals surface area contributed by atoms with Gasteiger partial charge in [-0.1, -0.05) is 18.2 Å². The van der Waals surface area contributed by atoms with Gasteiger partial charge in [-0.15, -0.1) is 11.3 Å². The molecule has 2 heterocycles. The number of fused-ring (bicyclic) bond motifs is 1. The number of carbonyl (C=O) groups is 2. The second-order valence-electron chi connectivity index (χ2n) is 4.91. The summed E-state index contributed by atoms with van der Waals surface area (Å²) in [6, 6.07) is 9.41. The first-order chi connectivity index (χ1) is 10.1. The fourth-order valence-electron chi connectivity index (χ4n) is 2.65. The number of benzene rings is 1. The molecule has 21 heavy (non-hydrogen) atoms. The Morgan fingerprint density at radius 1 is 1.38 bits per heavy atom. The summed E-state index contributed by atoms with van der Waals surface area (Å²) in [5.41, 5.74) is 2.43. The Morgan fingerprint density at radius 3 is 2.81 bits per heavy atom. The monoisotopic (exact) mass is 413 g/mol. The first-order valence-electron chi connectivity index (χ1n) is 6.43. The number of hydrogen-bond donors (Lipinski definition) is 1. The molecule has 4 nitrogen and oxygen atoms in total.